The van der Waals surface area contributed by atoms with Gasteiger partial charge in [0.1, 0.15) is 5.69 Å². The minimum absolute atomic E-state index is 0.140. The number of anilines is 1. The first-order valence-corrected chi connectivity index (χ1v) is 8.45. The van der Waals surface area contributed by atoms with Crippen LogP contribution in [0.4, 0.5) is 5.69 Å². The second kappa shape index (κ2) is 8.45. The van der Waals surface area contributed by atoms with Gasteiger partial charge < -0.3 is 15.4 Å². The molecule has 1 unspecified atom stereocenters. The molecule has 2 heterocycles. The fraction of sp³-hybridized carbons (Fsp3) is 0.368. The van der Waals surface area contributed by atoms with Crippen molar-refractivity contribution in [3.63, 3.8) is 0 Å². The van der Waals surface area contributed by atoms with Gasteiger partial charge in [-0.25, -0.2) is 0 Å². The number of aromatic nitrogens is 1. The molecule has 2 aromatic rings. The van der Waals surface area contributed by atoms with Gasteiger partial charge in [-0.1, -0.05) is 30.3 Å². The van der Waals surface area contributed by atoms with Crippen molar-refractivity contribution >= 4 is 11.6 Å². The van der Waals surface area contributed by atoms with Crippen molar-refractivity contribution in [1.29, 1.82) is 0 Å². The average Bonchev–Trinajstić information content (AvgIpc) is 3.14. The van der Waals surface area contributed by atoms with Gasteiger partial charge in [0.15, 0.2) is 0 Å². The van der Waals surface area contributed by atoms with Gasteiger partial charge in [0.25, 0.3) is 5.91 Å². The monoisotopic (exact) mass is 325 g/mol. The molecule has 1 aromatic heterocycles. The van der Waals surface area contributed by atoms with Gasteiger partial charge in [-0.05, 0) is 37.0 Å². The normalized spacial score (nSPS) is 16.8. The number of carbonyl (C=O) groups is 1. The van der Waals surface area contributed by atoms with E-state index in [9.17, 15) is 4.79 Å². The quantitative estimate of drug-likeness (QED) is 0.821. The van der Waals surface area contributed by atoms with Crippen LogP contribution in [0.2, 0.25) is 0 Å². The van der Waals surface area contributed by atoms with Gasteiger partial charge >= 0.3 is 0 Å². The van der Waals surface area contributed by atoms with Crippen LogP contribution in [0.25, 0.3) is 0 Å². The Kier molecular flexibility index (Phi) is 5.80. The number of benzene rings is 1. The Hall–Kier alpha value is -2.40. The molecule has 1 saturated heterocycles. The van der Waals surface area contributed by atoms with Crippen molar-refractivity contribution in [3.8, 4) is 0 Å². The van der Waals surface area contributed by atoms with Gasteiger partial charge in [0.05, 0.1) is 6.10 Å². The van der Waals surface area contributed by atoms with Crippen molar-refractivity contribution in [2.24, 2.45) is 0 Å². The molecule has 1 aliphatic rings. The highest BCUT2D eigenvalue weighted by atomic mass is 16.5. The molecular formula is C19H23N3O2. The summed E-state index contributed by atoms with van der Waals surface area (Å²) in [6.07, 6.45) is 4.81. The van der Waals surface area contributed by atoms with E-state index in [2.05, 4.69) is 27.8 Å². The molecule has 0 aliphatic carbocycles. The molecule has 1 aromatic carbocycles. The third kappa shape index (κ3) is 4.80. The molecule has 5 nitrogen and oxygen atoms in total. The minimum Gasteiger partial charge on any atom is -0.385 e. The molecule has 1 atom stereocenters. The smallest absolute Gasteiger partial charge is 0.270 e. The number of amides is 1. The standard InChI is InChI=1S/C19H23N3O2/c23-19(22-14-17-7-4-12-24-17)18-13-16(9-11-21-18)20-10-8-15-5-2-1-3-6-15/h1-3,5-6,9,11,13,17H,4,7-8,10,12,14H2,(H,20,21)(H,22,23). The van der Waals surface area contributed by atoms with Gasteiger partial charge in [0, 0.05) is 31.6 Å². The lowest BCUT2D eigenvalue weighted by molar-refractivity contribution is 0.0854. The third-order valence-electron chi connectivity index (χ3n) is 4.09. The van der Waals surface area contributed by atoms with Crippen LogP contribution in [0, 0.1) is 0 Å². The lowest BCUT2D eigenvalue weighted by atomic mass is 10.1. The zero-order valence-electron chi connectivity index (χ0n) is 13.7. The first-order valence-electron chi connectivity index (χ1n) is 8.45. The molecule has 1 fully saturated rings. The number of rotatable bonds is 7. The minimum atomic E-state index is -0.155. The van der Waals surface area contributed by atoms with Crippen LogP contribution < -0.4 is 10.6 Å². The molecule has 0 bridgehead atoms. The van der Waals surface area contributed by atoms with Gasteiger partial charge in [-0.3, -0.25) is 9.78 Å². The average molecular weight is 325 g/mol. The van der Waals surface area contributed by atoms with Crippen molar-refractivity contribution in [2.45, 2.75) is 25.4 Å². The van der Waals surface area contributed by atoms with Crippen LogP contribution in [0.15, 0.2) is 48.7 Å². The maximum Gasteiger partial charge on any atom is 0.270 e. The van der Waals surface area contributed by atoms with E-state index in [-0.39, 0.29) is 12.0 Å². The number of hydrogen-bond donors (Lipinski definition) is 2. The summed E-state index contributed by atoms with van der Waals surface area (Å²) in [6.45, 7) is 2.15. The summed E-state index contributed by atoms with van der Waals surface area (Å²) in [5, 5.41) is 6.24. The molecule has 5 heteroatoms. The maximum absolute atomic E-state index is 12.2. The van der Waals surface area contributed by atoms with Crippen LogP contribution in [-0.2, 0) is 11.2 Å². The Morgan fingerprint density at radius 2 is 2.12 bits per heavy atom. The van der Waals surface area contributed by atoms with Crippen LogP contribution >= 0.6 is 0 Å². The second-order valence-electron chi connectivity index (χ2n) is 5.94. The summed E-state index contributed by atoms with van der Waals surface area (Å²) < 4.78 is 5.51. The number of nitrogens with one attached hydrogen (secondary N) is 2. The summed E-state index contributed by atoms with van der Waals surface area (Å²) in [6, 6.07) is 14.0. The van der Waals surface area contributed by atoms with Crippen LogP contribution in [0.1, 0.15) is 28.9 Å². The maximum atomic E-state index is 12.2. The number of hydrogen-bond acceptors (Lipinski definition) is 4. The fourth-order valence-corrected chi connectivity index (χ4v) is 2.76. The highest BCUT2D eigenvalue weighted by molar-refractivity contribution is 5.93. The van der Waals surface area contributed by atoms with E-state index in [0.717, 1.165) is 38.1 Å². The lowest BCUT2D eigenvalue weighted by Crippen LogP contribution is -2.32. The van der Waals surface area contributed by atoms with Crippen molar-refractivity contribution in [1.82, 2.24) is 10.3 Å². The number of ether oxygens (including phenoxy) is 1. The van der Waals surface area contributed by atoms with Crippen LogP contribution in [0.3, 0.4) is 0 Å². The molecule has 24 heavy (non-hydrogen) atoms. The Labute approximate surface area is 142 Å². The largest absolute Gasteiger partial charge is 0.385 e. The predicted octanol–water partition coefficient (Wildman–Crippen LogP) is 2.65. The lowest BCUT2D eigenvalue weighted by Gasteiger charge is -2.11. The molecule has 3 rings (SSSR count). The summed E-state index contributed by atoms with van der Waals surface area (Å²) in [5.41, 5.74) is 2.62. The van der Waals surface area contributed by atoms with Crippen molar-refractivity contribution < 1.29 is 9.53 Å². The van der Waals surface area contributed by atoms with E-state index in [0.29, 0.717) is 12.2 Å². The Morgan fingerprint density at radius 1 is 1.25 bits per heavy atom. The van der Waals surface area contributed by atoms with Gasteiger partial charge in [-0.2, -0.15) is 0 Å². The molecule has 0 saturated carbocycles. The predicted molar refractivity (Wildman–Crippen MR) is 94.2 cm³/mol. The van der Waals surface area contributed by atoms with Crippen LogP contribution in [0.5, 0.6) is 0 Å². The Morgan fingerprint density at radius 3 is 2.92 bits per heavy atom. The van der Waals surface area contributed by atoms with E-state index in [4.69, 9.17) is 4.74 Å². The van der Waals surface area contributed by atoms with E-state index < -0.39 is 0 Å². The summed E-state index contributed by atoms with van der Waals surface area (Å²) in [7, 11) is 0. The van der Waals surface area contributed by atoms with Crippen molar-refractivity contribution in [2.75, 3.05) is 25.0 Å². The van der Waals surface area contributed by atoms with Crippen molar-refractivity contribution in [3.05, 3.63) is 59.9 Å². The Bertz CT molecular complexity index is 655. The highest BCUT2D eigenvalue weighted by Gasteiger charge is 2.17. The SMILES string of the molecule is O=C(NCC1CCCO1)c1cc(NCCc2ccccc2)ccn1. The number of carbonyl (C=O) groups excluding carboxylic acids is 1. The summed E-state index contributed by atoms with van der Waals surface area (Å²) >= 11 is 0. The van der Waals surface area contributed by atoms with E-state index in [1.165, 1.54) is 5.56 Å². The van der Waals surface area contributed by atoms with E-state index in [1.54, 1.807) is 12.3 Å². The zero-order valence-corrected chi connectivity index (χ0v) is 13.7. The summed E-state index contributed by atoms with van der Waals surface area (Å²) in [5.74, 6) is -0.155. The summed E-state index contributed by atoms with van der Waals surface area (Å²) in [4.78, 5) is 16.3. The van der Waals surface area contributed by atoms with Crippen LogP contribution in [-0.4, -0.2) is 36.7 Å². The third-order valence-corrected chi connectivity index (χ3v) is 4.09. The molecular weight excluding hydrogens is 302 g/mol. The fourth-order valence-electron chi connectivity index (χ4n) is 2.76. The van der Waals surface area contributed by atoms with Gasteiger partial charge in [0.2, 0.25) is 0 Å². The first-order chi connectivity index (χ1) is 11.8. The molecule has 2 N–H and O–H groups in total. The molecule has 1 aliphatic heterocycles. The second-order valence-corrected chi connectivity index (χ2v) is 5.94. The topological polar surface area (TPSA) is 63.2 Å². The van der Waals surface area contributed by atoms with E-state index >= 15 is 0 Å². The number of pyridine rings is 1. The number of nitrogens with zero attached hydrogens (tertiary/aromatic N) is 1. The first kappa shape index (κ1) is 16.5. The highest BCUT2D eigenvalue weighted by Crippen LogP contribution is 2.12. The van der Waals surface area contributed by atoms with E-state index in [1.807, 2.05) is 24.3 Å². The Balaban J connectivity index is 1.48. The molecule has 1 amide bonds. The van der Waals surface area contributed by atoms with Gasteiger partial charge in [-0.15, -0.1) is 0 Å². The zero-order chi connectivity index (χ0) is 16.6. The molecule has 0 spiro atoms. The molecule has 126 valence electrons. The molecule has 0 radical (unpaired) electrons.